The van der Waals surface area contributed by atoms with Gasteiger partial charge >= 0.3 is 0 Å². The number of nitrogens with zero attached hydrogens (tertiary/aromatic N) is 1. The molecule has 138 valence electrons. The van der Waals surface area contributed by atoms with E-state index >= 15 is 0 Å². The third kappa shape index (κ3) is 4.33. The second-order valence-corrected chi connectivity index (χ2v) is 5.94. The van der Waals surface area contributed by atoms with E-state index in [1.807, 2.05) is 30.3 Å². The Morgan fingerprint density at radius 3 is 2.44 bits per heavy atom. The monoisotopic (exact) mass is 364 g/mol. The van der Waals surface area contributed by atoms with Gasteiger partial charge in [-0.05, 0) is 43.3 Å². The Morgan fingerprint density at radius 1 is 1.07 bits per heavy atom. The fourth-order valence-corrected chi connectivity index (χ4v) is 2.55. The summed E-state index contributed by atoms with van der Waals surface area (Å²) in [7, 11) is 1.59. The Kier molecular flexibility index (Phi) is 5.51. The maximum atomic E-state index is 12.6. The highest BCUT2D eigenvalue weighted by Crippen LogP contribution is 2.23. The predicted molar refractivity (Wildman–Crippen MR) is 103 cm³/mol. The molecule has 0 aliphatic rings. The number of H-pyrrole nitrogens is 1. The molecule has 7 nitrogen and oxygen atoms in total. The Labute approximate surface area is 156 Å². The molecule has 7 heteroatoms. The van der Waals surface area contributed by atoms with Gasteiger partial charge < -0.3 is 15.4 Å². The van der Waals surface area contributed by atoms with Gasteiger partial charge in [0.05, 0.1) is 24.6 Å². The number of amides is 2. The molecule has 0 saturated heterocycles. The van der Waals surface area contributed by atoms with Gasteiger partial charge in [-0.2, -0.15) is 5.10 Å². The standard InChI is InChI=1S/C20H20N4O3/c1-13(19(25)23-15-6-4-3-5-7-15)22-20(26)17-12-21-24-18(17)14-8-10-16(27-2)11-9-14/h3-13H,1-2H3,(H,21,24)(H,22,26)(H,23,25). The number of rotatable bonds is 6. The minimum Gasteiger partial charge on any atom is -0.497 e. The van der Waals surface area contributed by atoms with Gasteiger partial charge in [0.1, 0.15) is 11.8 Å². The van der Waals surface area contributed by atoms with Gasteiger partial charge in [-0.3, -0.25) is 14.7 Å². The van der Waals surface area contributed by atoms with Crippen molar-refractivity contribution in [2.24, 2.45) is 0 Å². The molecule has 3 rings (SSSR count). The smallest absolute Gasteiger partial charge is 0.255 e. The number of hydrogen-bond donors (Lipinski definition) is 3. The lowest BCUT2D eigenvalue weighted by molar-refractivity contribution is -0.117. The van der Waals surface area contributed by atoms with Crippen molar-refractivity contribution in [2.45, 2.75) is 13.0 Å². The van der Waals surface area contributed by atoms with Crippen LogP contribution in [0.1, 0.15) is 17.3 Å². The quantitative estimate of drug-likeness (QED) is 0.627. The maximum Gasteiger partial charge on any atom is 0.255 e. The summed E-state index contributed by atoms with van der Waals surface area (Å²) < 4.78 is 5.14. The Bertz CT molecular complexity index is 920. The zero-order valence-corrected chi connectivity index (χ0v) is 15.0. The zero-order chi connectivity index (χ0) is 19.2. The number of aromatic amines is 1. The number of benzene rings is 2. The lowest BCUT2D eigenvalue weighted by Crippen LogP contribution is -2.41. The van der Waals surface area contributed by atoms with Crippen LogP contribution in [0.2, 0.25) is 0 Å². The number of aromatic nitrogens is 2. The Hall–Kier alpha value is -3.61. The molecule has 0 fully saturated rings. The molecule has 1 aromatic heterocycles. The molecular weight excluding hydrogens is 344 g/mol. The van der Waals surface area contributed by atoms with E-state index in [0.29, 0.717) is 16.9 Å². The summed E-state index contributed by atoms with van der Waals surface area (Å²) in [5.41, 5.74) is 2.40. The SMILES string of the molecule is COc1ccc(-c2[nH]ncc2C(=O)NC(C)C(=O)Nc2ccccc2)cc1. The third-order valence-corrected chi connectivity index (χ3v) is 4.04. The highest BCUT2D eigenvalue weighted by atomic mass is 16.5. The fourth-order valence-electron chi connectivity index (χ4n) is 2.55. The lowest BCUT2D eigenvalue weighted by Gasteiger charge is -2.14. The predicted octanol–water partition coefficient (Wildman–Crippen LogP) is 2.84. The van der Waals surface area contributed by atoms with Crippen LogP contribution in [0.15, 0.2) is 60.8 Å². The molecule has 27 heavy (non-hydrogen) atoms. The maximum absolute atomic E-state index is 12.6. The summed E-state index contributed by atoms with van der Waals surface area (Å²) in [6, 6.07) is 15.6. The van der Waals surface area contributed by atoms with Gasteiger partial charge in [0.15, 0.2) is 0 Å². The first kappa shape index (κ1) is 18.2. The molecule has 0 bridgehead atoms. The molecule has 0 radical (unpaired) electrons. The topological polar surface area (TPSA) is 96.1 Å². The van der Waals surface area contributed by atoms with Crippen LogP contribution in [0.3, 0.4) is 0 Å². The van der Waals surface area contributed by atoms with Crippen molar-refractivity contribution >= 4 is 17.5 Å². The van der Waals surface area contributed by atoms with E-state index < -0.39 is 6.04 Å². The van der Waals surface area contributed by atoms with Gasteiger partial charge in [-0.25, -0.2) is 0 Å². The number of para-hydroxylation sites is 1. The molecular formula is C20H20N4O3. The van der Waals surface area contributed by atoms with Crippen LogP contribution in [-0.2, 0) is 4.79 Å². The summed E-state index contributed by atoms with van der Waals surface area (Å²) in [6.07, 6.45) is 1.44. The molecule has 1 heterocycles. The Morgan fingerprint density at radius 2 is 1.78 bits per heavy atom. The molecule has 2 aromatic carbocycles. The van der Waals surface area contributed by atoms with E-state index in [4.69, 9.17) is 4.74 Å². The normalized spacial score (nSPS) is 11.5. The van der Waals surface area contributed by atoms with E-state index in [1.165, 1.54) is 6.20 Å². The number of ether oxygens (including phenoxy) is 1. The largest absolute Gasteiger partial charge is 0.497 e. The van der Waals surface area contributed by atoms with Crippen LogP contribution in [0.25, 0.3) is 11.3 Å². The molecule has 0 spiro atoms. The molecule has 1 atom stereocenters. The second kappa shape index (κ2) is 8.18. The van der Waals surface area contributed by atoms with Crippen molar-refractivity contribution in [2.75, 3.05) is 12.4 Å². The molecule has 2 amide bonds. The van der Waals surface area contributed by atoms with Crippen LogP contribution < -0.4 is 15.4 Å². The number of hydrogen-bond acceptors (Lipinski definition) is 4. The van der Waals surface area contributed by atoms with E-state index in [2.05, 4.69) is 20.8 Å². The minimum atomic E-state index is -0.712. The van der Waals surface area contributed by atoms with Crippen molar-refractivity contribution in [3.8, 4) is 17.0 Å². The van der Waals surface area contributed by atoms with Gasteiger partial charge in [0.25, 0.3) is 5.91 Å². The summed E-state index contributed by atoms with van der Waals surface area (Å²) >= 11 is 0. The second-order valence-electron chi connectivity index (χ2n) is 5.94. The molecule has 0 aliphatic heterocycles. The van der Waals surface area contributed by atoms with Crippen molar-refractivity contribution in [3.63, 3.8) is 0 Å². The molecule has 3 aromatic rings. The highest BCUT2D eigenvalue weighted by Gasteiger charge is 2.20. The zero-order valence-electron chi connectivity index (χ0n) is 15.0. The van der Waals surface area contributed by atoms with Crippen molar-refractivity contribution in [3.05, 3.63) is 66.4 Å². The Balaban J connectivity index is 1.69. The highest BCUT2D eigenvalue weighted by molar-refractivity contribution is 6.03. The third-order valence-electron chi connectivity index (χ3n) is 4.04. The van der Waals surface area contributed by atoms with Crippen LogP contribution in [0.5, 0.6) is 5.75 Å². The van der Waals surface area contributed by atoms with Gasteiger partial charge in [0.2, 0.25) is 5.91 Å². The first-order valence-corrected chi connectivity index (χ1v) is 8.43. The van der Waals surface area contributed by atoms with E-state index in [9.17, 15) is 9.59 Å². The first-order chi connectivity index (χ1) is 13.1. The van der Waals surface area contributed by atoms with Crippen LogP contribution >= 0.6 is 0 Å². The number of anilines is 1. The van der Waals surface area contributed by atoms with Gasteiger partial charge in [-0.15, -0.1) is 0 Å². The number of nitrogens with one attached hydrogen (secondary N) is 3. The van der Waals surface area contributed by atoms with Crippen molar-refractivity contribution < 1.29 is 14.3 Å². The molecule has 3 N–H and O–H groups in total. The van der Waals surface area contributed by atoms with Crippen LogP contribution in [0, 0.1) is 0 Å². The number of carbonyl (C=O) groups is 2. The van der Waals surface area contributed by atoms with Crippen LogP contribution in [0.4, 0.5) is 5.69 Å². The van der Waals surface area contributed by atoms with E-state index in [-0.39, 0.29) is 11.8 Å². The van der Waals surface area contributed by atoms with E-state index in [1.54, 1.807) is 38.3 Å². The van der Waals surface area contributed by atoms with Gasteiger partial charge in [0, 0.05) is 11.3 Å². The summed E-state index contributed by atoms with van der Waals surface area (Å²) in [4.78, 5) is 24.9. The van der Waals surface area contributed by atoms with Crippen molar-refractivity contribution in [1.82, 2.24) is 15.5 Å². The molecule has 0 saturated carbocycles. The van der Waals surface area contributed by atoms with E-state index in [0.717, 1.165) is 11.3 Å². The minimum absolute atomic E-state index is 0.302. The molecule has 0 aliphatic carbocycles. The van der Waals surface area contributed by atoms with Crippen molar-refractivity contribution in [1.29, 1.82) is 0 Å². The summed E-state index contributed by atoms with van der Waals surface area (Å²) in [6.45, 7) is 1.63. The fraction of sp³-hybridized carbons (Fsp3) is 0.150. The van der Waals surface area contributed by atoms with Crippen LogP contribution in [-0.4, -0.2) is 35.2 Å². The molecule has 1 unspecified atom stereocenters. The first-order valence-electron chi connectivity index (χ1n) is 8.43. The van der Waals surface area contributed by atoms with Gasteiger partial charge in [-0.1, -0.05) is 18.2 Å². The summed E-state index contributed by atoms with van der Waals surface area (Å²) in [5, 5.41) is 12.3. The number of carbonyl (C=O) groups excluding carboxylic acids is 2. The average Bonchev–Trinajstić information content (AvgIpc) is 3.18. The number of methoxy groups -OCH3 is 1. The summed E-state index contributed by atoms with van der Waals surface area (Å²) in [5.74, 6) is 0.0322. The average molecular weight is 364 g/mol. The lowest BCUT2D eigenvalue weighted by atomic mass is 10.1.